The number of amides is 1. The Morgan fingerprint density at radius 3 is 2.57 bits per heavy atom. The predicted octanol–water partition coefficient (Wildman–Crippen LogP) is 4.82. The van der Waals surface area contributed by atoms with Crippen LogP contribution in [0.1, 0.15) is 35.5 Å². The molecule has 0 atom stereocenters. The number of nitrogens with one attached hydrogen (secondary N) is 2. The van der Waals surface area contributed by atoms with Crippen LogP contribution in [0.15, 0.2) is 24.4 Å². The number of nitrogens with zero attached hydrogens (tertiary/aromatic N) is 1. The second-order valence-electron chi connectivity index (χ2n) is 4.37. The Labute approximate surface area is 134 Å². The molecular formula is C15H20ClN3OS. The van der Waals surface area contributed by atoms with Crippen LogP contribution in [0.25, 0.3) is 0 Å². The van der Waals surface area contributed by atoms with Crippen LogP contribution < -0.4 is 10.6 Å². The van der Waals surface area contributed by atoms with Gasteiger partial charge in [0.25, 0.3) is 5.91 Å². The average molecular weight is 326 g/mol. The molecule has 0 saturated carbocycles. The summed E-state index contributed by atoms with van der Waals surface area (Å²) in [4.78, 5) is 16.6. The molecule has 0 unspecified atom stereocenters. The van der Waals surface area contributed by atoms with E-state index in [1.165, 1.54) is 24.0 Å². The molecule has 0 saturated heterocycles. The second-order valence-corrected chi connectivity index (χ2v) is 5.81. The highest BCUT2D eigenvalue weighted by atomic mass is 35.5. The van der Waals surface area contributed by atoms with Gasteiger partial charge in [0.1, 0.15) is 4.88 Å². The van der Waals surface area contributed by atoms with Gasteiger partial charge in [0.2, 0.25) is 0 Å². The van der Waals surface area contributed by atoms with Gasteiger partial charge in [-0.15, -0.1) is 0 Å². The Kier molecular flexibility index (Phi) is 7.19. The van der Waals surface area contributed by atoms with Crippen molar-refractivity contribution in [2.45, 2.75) is 27.2 Å². The lowest BCUT2D eigenvalue weighted by molar-refractivity contribution is 0.103. The molecule has 0 bridgehead atoms. The number of aryl methyl sites for hydroxylation is 1. The Bertz CT molecular complexity index is 578. The van der Waals surface area contributed by atoms with Crippen molar-refractivity contribution >= 4 is 39.7 Å². The number of benzene rings is 1. The molecule has 6 heteroatoms. The Balaban J connectivity index is 0.000000677. The monoisotopic (exact) mass is 325 g/mol. The zero-order valence-corrected chi connectivity index (χ0v) is 14.2. The Morgan fingerprint density at radius 2 is 2.05 bits per heavy atom. The van der Waals surface area contributed by atoms with Crippen molar-refractivity contribution in [1.29, 1.82) is 0 Å². The molecule has 1 aromatic heterocycles. The van der Waals surface area contributed by atoms with Gasteiger partial charge in [-0.05, 0) is 18.6 Å². The van der Waals surface area contributed by atoms with Gasteiger partial charge in [-0.1, -0.05) is 55.3 Å². The lowest BCUT2D eigenvalue weighted by Gasteiger charge is -2.08. The van der Waals surface area contributed by atoms with Gasteiger partial charge in [-0.2, -0.15) is 0 Å². The second kappa shape index (κ2) is 8.64. The number of thiazole rings is 1. The van der Waals surface area contributed by atoms with Crippen LogP contribution in [0.5, 0.6) is 0 Å². The highest BCUT2D eigenvalue weighted by Crippen LogP contribution is 2.26. The predicted molar refractivity (Wildman–Crippen MR) is 91.8 cm³/mol. The van der Waals surface area contributed by atoms with Crippen LogP contribution >= 0.6 is 22.9 Å². The molecule has 0 aliphatic rings. The van der Waals surface area contributed by atoms with Gasteiger partial charge < -0.3 is 10.6 Å². The van der Waals surface area contributed by atoms with Crippen LogP contribution in [0.3, 0.4) is 0 Å². The van der Waals surface area contributed by atoms with Crippen molar-refractivity contribution in [2.24, 2.45) is 0 Å². The molecule has 114 valence electrons. The average Bonchev–Trinajstić information content (AvgIpc) is 2.93. The van der Waals surface area contributed by atoms with E-state index in [0.717, 1.165) is 5.56 Å². The van der Waals surface area contributed by atoms with E-state index in [4.69, 9.17) is 11.6 Å². The summed E-state index contributed by atoms with van der Waals surface area (Å²) in [6.45, 7) is 6.15. The topological polar surface area (TPSA) is 54.0 Å². The van der Waals surface area contributed by atoms with Gasteiger partial charge in [0, 0.05) is 7.05 Å². The van der Waals surface area contributed by atoms with E-state index in [-0.39, 0.29) is 5.91 Å². The molecule has 0 fully saturated rings. The summed E-state index contributed by atoms with van der Waals surface area (Å²) in [5, 5.41) is 6.93. The minimum Gasteiger partial charge on any atom is -0.365 e. The first-order chi connectivity index (χ1) is 10.0. The van der Waals surface area contributed by atoms with Gasteiger partial charge in [-0.3, -0.25) is 4.79 Å². The third-order valence-corrected chi connectivity index (χ3v) is 3.73. The quantitative estimate of drug-likeness (QED) is 0.851. The molecule has 0 radical (unpaired) electrons. The first-order valence-electron chi connectivity index (χ1n) is 6.73. The number of carbonyl (C=O) groups excluding carboxylic acids is 1. The maximum absolute atomic E-state index is 12.0. The largest absolute Gasteiger partial charge is 0.365 e. The first-order valence-corrected chi connectivity index (χ1v) is 7.92. The fraction of sp³-hybridized carbons (Fsp3) is 0.333. The number of anilines is 2. The minimum absolute atomic E-state index is 0.204. The van der Waals surface area contributed by atoms with E-state index in [2.05, 4.69) is 29.5 Å². The Hall–Kier alpha value is -1.59. The number of aromatic nitrogens is 1. The summed E-state index contributed by atoms with van der Waals surface area (Å²) in [5.74, 6) is -0.204. The molecular weight excluding hydrogens is 306 g/mol. The molecule has 0 spiro atoms. The van der Waals surface area contributed by atoms with Crippen LogP contribution in [-0.4, -0.2) is 17.9 Å². The van der Waals surface area contributed by atoms with Gasteiger partial charge >= 0.3 is 0 Å². The molecule has 2 aromatic rings. The standard InChI is InChI=1S/C12H12ClN3OS.C3H8/c1-7-4-3-5-8(13)10(7)16-11(17)9-6-15-12(14-2)18-9;1-3-2/h3-6H,1-2H3,(H,14,15)(H,16,17);3H2,1-2H3. The van der Waals surface area contributed by atoms with Crippen molar-refractivity contribution in [3.63, 3.8) is 0 Å². The molecule has 4 nitrogen and oxygen atoms in total. The minimum atomic E-state index is -0.204. The number of hydrogen-bond acceptors (Lipinski definition) is 4. The zero-order valence-electron chi connectivity index (χ0n) is 12.7. The van der Waals surface area contributed by atoms with Crippen LogP contribution in [0.4, 0.5) is 10.8 Å². The zero-order chi connectivity index (χ0) is 15.8. The molecule has 0 aliphatic heterocycles. The SMILES string of the molecule is CCC.CNc1ncc(C(=O)Nc2c(C)cccc2Cl)s1. The number of carbonyl (C=O) groups is 1. The summed E-state index contributed by atoms with van der Waals surface area (Å²) in [6, 6.07) is 5.49. The lowest BCUT2D eigenvalue weighted by Crippen LogP contribution is -2.11. The smallest absolute Gasteiger partial charge is 0.267 e. The normalized spacial score (nSPS) is 9.57. The van der Waals surface area contributed by atoms with Crippen LogP contribution in [-0.2, 0) is 0 Å². The van der Waals surface area contributed by atoms with Crippen LogP contribution in [0, 0.1) is 6.92 Å². The molecule has 1 aromatic carbocycles. The lowest BCUT2D eigenvalue weighted by atomic mass is 10.2. The maximum Gasteiger partial charge on any atom is 0.267 e. The summed E-state index contributed by atoms with van der Waals surface area (Å²) in [7, 11) is 1.76. The first kappa shape index (κ1) is 17.5. The van der Waals surface area contributed by atoms with E-state index in [1.807, 2.05) is 19.1 Å². The van der Waals surface area contributed by atoms with Gasteiger partial charge in [0.15, 0.2) is 5.13 Å². The number of hydrogen-bond donors (Lipinski definition) is 2. The van der Waals surface area contributed by atoms with E-state index in [9.17, 15) is 4.79 Å². The molecule has 1 heterocycles. The third-order valence-electron chi connectivity index (χ3n) is 2.40. The van der Waals surface area contributed by atoms with E-state index in [0.29, 0.717) is 20.7 Å². The van der Waals surface area contributed by atoms with Gasteiger partial charge in [0.05, 0.1) is 16.9 Å². The summed E-state index contributed by atoms with van der Waals surface area (Å²) < 4.78 is 0. The van der Waals surface area contributed by atoms with E-state index < -0.39 is 0 Å². The van der Waals surface area contributed by atoms with Crippen molar-refractivity contribution < 1.29 is 4.79 Å². The summed E-state index contributed by atoms with van der Waals surface area (Å²) in [5.41, 5.74) is 1.57. The Morgan fingerprint density at radius 1 is 1.38 bits per heavy atom. The number of rotatable bonds is 3. The highest BCUT2D eigenvalue weighted by Gasteiger charge is 2.13. The molecule has 2 N–H and O–H groups in total. The van der Waals surface area contributed by atoms with E-state index >= 15 is 0 Å². The molecule has 21 heavy (non-hydrogen) atoms. The van der Waals surface area contributed by atoms with Crippen molar-refractivity contribution in [3.05, 3.63) is 39.9 Å². The van der Waals surface area contributed by atoms with Crippen LogP contribution in [0.2, 0.25) is 5.02 Å². The maximum atomic E-state index is 12.0. The van der Waals surface area contributed by atoms with Crippen molar-refractivity contribution in [2.75, 3.05) is 17.7 Å². The molecule has 0 aliphatic carbocycles. The number of para-hydroxylation sites is 1. The highest BCUT2D eigenvalue weighted by molar-refractivity contribution is 7.17. The van der Waals surface area contributed by atoms with E-state index in [1.54, 1.807) is 13.1 Å². The summed E-state index contributed by atoms with van der Waals surface area (Å²) >= 11 is 7.35. The molecule has 1 amide bonds. The van der Waals surface area contributed by atoms with Gasteiger partial charge in [-0.25, -0.2) is 4.98 Å². The molecule has 2 rings (SSSR count). The summed E-state index contributed by atoms with van der Waals surface area (Å²) in [6.07, 6.45) is 2.79. The third kappa shape index (κ3) is 5.02. The van der Waals surface area contributed by atoms with Crippen molar-refractivity contribution in [1.82, 2.24) is 4.98 Å². The fourth-order valence-electron chi connectivity index (χ4n) is 1.46. The van der Waals surface area contributed by atoms with Crippen molar-refractivity contribution in [3.8, 4) is 0 Å². The number of halogens is 1. The fourth-order valence-corrected chi connectivity index (χ4v) is 2.39.